The summed E-state index contributed by atoms with van der Waals surface area (Å²) < 4.78 is 30.7. The van der Waals surface area contributed by atoms with Crippen LogP contribution in [0.5, 0.6) is 0 Å². The van der Waals surface area contributed by atoms with E-state index in [1.54, 1.807) is 32.3 Å². The molecule has 0 saturated carbocycles. The first-order valence-corrected chi connectivity index (χ1v) is 10.8. The molecular formula is C19H21ClN4O3S. The Kier molecular flexibility index (Phi) is 4.73. The number of sulfonamides is 1. The van der Waals surface area contributed by atoms with Crippen LogP contribution in [0.25, 0.3) is 11.0 Å². The summed E-state index contributed by atoms with van der Waals surface area (Å²) in [6.45, 7) is 1.88. The maximum Gasteiger partial charge on any atom is 0.328 e. The number of benzene rings is 2. The van der Waals surface area contributed by atoms with Crippen molar-refractivity contribution in [1.29, 1.82) is 0 Å². The molecule has 0 bridgehead atoms. The highest BCUT2D eigenvalue weighted by Crippen LogP contribution is 2.28. The second-order valence-electron chi connectivity index (χ2n) is 6.89. The van der Waals surface area contributed by atoms with E-state index in [9.17, 15) is 13.2 Å². The lowest BCUT2D eigenvalue weighted by Crippen LogP contribution is -2.48. The summed E-state index contributed by atoms with van der Waals surface area (Å²) in [6, 6.07) is 12.4. The van der Waals surface area contributed by atoms with Gasteiger partial charge in [0, 0.05) is 40.3 Å². The standard InChI is InChI=1S/C19H21ClN4O3S/c1-21-17-8-7-14(13-18(17)22(2)19(21)25)28(26,27)24-11-9-23(10-12-24)16-6-4-3-5-15(16)20/h3-8,13H,9-12H2,1-2H3. The molecule has 1 saturated heterocycles. The number of aromatic nitrogens is 2. The van der Waals surface area contributed by atoms with Crippen LogP contribution in [-0.4, -0.2) is 48.0 Å². The monoisotopic (exact) mass is 420 g/mol. The number of nitrogens with zero attached hydrogens (tertiary/aromatic N) is 4. The quantitative estimate of drug-likeness (QED) is 0.650. The van der Waals surface area contributed by atoms with E-state index in [1.807, 2.05) is 24.3 Å². The third-order valence-electron chi connectivity index (χ3n) is 5.31. The van der Waals surface area contributed by atoms with Gasteiger partial charge in [0.15, 0.2) is 0 Å². The van der Waals surface area contributed by atoms with E-state index in [0.717, 1.165) is 5.69 Å². The topological polar surface area (TPSA) is 67.5 Å². The first-order chi connectivity index (χ1) is 13.3. The molecule has 1 aromatic heterocycles. The van der Waals surface area contributed by atoms with E-state index in [-0.39, 0.29) is 10.6 Å². The molecule has 0 radical (unpaired) electrons. The Morgan fingerprint density at radius 2 is 1.54 bits per heavy atom. The molecule has 3 aromatic rings. The molecule has 1 aliphatic heterocycles. The van der Waals surface area contributed by atoms with Gasteiger partial charge in [0.05, 0.1) is 26.6 Å². The Bertz CT molecular complexity index is 1210. The van der Waals surface area contributed by atoms with Gasteiger partial charge in [-0.15, -0.1) is 0 Å². The molecular weight excluding hydrogens is 400 g/mol. The summed E-state index contributed by atoms with van der Waals surface area (Å²) in [5.74, 6) is 0. The lowest BCUT2D eigenvalue weighted by Gasteiger charge is -2.35. The van der Waals surface area contributed by atoms with Crippen LogP contribution in [0.15, 0.2) is 52.2 Å². The third-order valence-corrected chi connectivity index (χ3v) is 7.53. The van der Waals surface area contributed by atoms with Crippen LogP contribution in [0.2, 0.25) is 5.02 Å². The summed E-state index contributed by atoms with van der Waals surface area (Å²) in [5, 5.41) is 0.661. The van der Waals surface area contributed by atoms with Crippen LogP contribution in [0, 0.1) is 0 Å². The molecule has 4 rings (SSSR count). The summed E-state index contributed by atoms with van der Waals surface area (Å²) in [5.41, 5.74) is 2.04. The number of fused-ring (bicyclic) bond motifs is 1. The van der Waals surface area contributed by atoms with Gasteiger partial charge >= 0.3 is 5.69 Å². The van der Waals surface area contributed by atoms with Gasteiger partial charge in [0.2, 0.25) is 10.0 Å². The number of imidazole rings is 1. The van der Waals surface area contributed by atoms with Crippen molar-refractivity contribution in [2.24, 2.45) is 14.1 Å². The number of hydrogen-bond acceptors (Lipinski definition) is 4. The predicted octanol–water partition coefficient (Wildman–Crippen LogP) is 2.04. The highest BCUT2D eigenvalue weighted by molar-refractivity contribution is 7.89. The number of piperazine rings is 1. The Morgan fingerprint density at radius 3 is 2.21 bits per heavy atom. The zero-order chi connectivity index (χ0) is 20.1. The maximum absolute atomic E-state index is 13.1. The fraction of sp³-hybridized carbons (Fsp3) is 0.316. The van der Waals surface area contributed by atoms with Crippen molar-refractivity contribution in [2.75, 3.05) is 31.1 Å². The normalized spacial score (nSPS) is 16.0. The van der Waals surface area contributed by atoms with Gasteiger partial charge in [-0.1, -0.05) is 23.7 Å². The van der Waals surface area contributed by atoms with Crippen molar-refractivity contribution in [3.05, 3.63) is 58.0 Å². The second kappa shape index (κ2) is 6.95. The summed E-state index contributed by atoms with van der Waals surface area (Å²) >= 11 is 6.26. The first kappa shape index (κ1) is 19.0. The Labute approximate surface area is 168 Å². The minimum atomic E-state index is -3.64. The van der Waals surface area contributed by atoms with E-state index < -0.39 is 10.0 Å². The summed E-state index contributed by atoms with van der Waals surface area (Å²) in [7, 11) is -0.325. The molecule has 2 aromatic carbocycles. The zero-order valence-electron chi connectivity index (χ0n) is 15.7. The number of hydrogen-bond donors (Lipinski definition) is 0. The molecule has 148 valence electrons. The molecule has 9 heteroatoms. The molecule has 0 aliphatic carbocycles. The van der Waals surface area contributed by atoms with Gasteiger partial charge in [-0.05, 0) is 30.3 Å². The van der Waals surface area contributed by atoms with Crippen LogP contribution in [0.1, 0.15) is 0 Å². The minimum Gasteiger partial charge on any atom is -0.368 e. The number of aryl methyl sites for hydroxylation is 2. The van der Waals surface area contributed by atoms with Crippen molar-refractivity contribution in [1.82, 2.24) is 13.4 Å². The van der Waals surface area contributed by atoms with Crippen LogP contribution in [0.3, 0.4) is 0 Å². The number of para-hydroxylation sites is 1. The number of halogens is 1. The van der Waals surface area contributed by atoms with Crippen LogP contribution >= 0.6 is 11.6 Å². The van der Waals surface area contributed by atoms with Gasteiger partial charge in [-0.3, -0.25) is 9.13 Å². The molecule has 7 nitrogen and oxygen atoms in total. The van der Waals surface area contributed by atoms with E-state index in [4.69, 9.17) is 11.6 Å². The van der Waals surface area contributed by atoms with Crippen LogP contribution in [0.4, 0.5) is 5.69 Å². The fourth-order valence-corrected chi connectivity index (χ4v) is 5.37. The predicted molar refractivity (Wildman–Crippen MR) is 111 cm³/mol. The second-order valence-corrected chi connectivity index (χ2v) is 9.24. The van der Waals surface area contributed by atoms with Crippen molar-refractivity contribution < 1.29 is 8.42 Å². The lowest BCUT2D eigenvalue weighted by atomic mass is 10.2. The highest BCUT2D eigenvalue weighted by atomic mass is 35.5. The SMILES string of the molecule is Cn1c(=O)n(C)c2cc(S(=O)(=O)N3CCN(c4ccccc4Cl)CC3)ccc21. The van der Waals surface area contributed by atoms with Gasteiger partial charge in [-0.2, -0.15) is 4.31 Å². The van der Waals surface area contributed by atoms with Gasteiger partial charge in [0.25, 0.3) is 0 Å². The molecule has 28 heavy (non-hydrogen) atoms. The largest absolute Gasteiger partial charge is 0.368 e. The summed E-state index contributed by atoms with van der Waals surface area (Å²) in [4.78, 5) is 14.4. The molecule has 0 amide bonds. The van der Waals surface area contributed by atoms with Crippen molar-refractivity contribution >= 4 is 38.3 Å². The first-order valence-electron chi connectivity index (χ1n) is 8.96. The van der Waals surface area contributed by atoms with Crippen LogP contribution in [-0.2, 0) is 24.1 Å². The van der Waals surface area contributed by atoms with Crippen LogP contribution < -0.4 is 10.6 Å². The van der Waals surface area contributed by atoms with E-state index >= 15 is 0 Å². The Hall–Kier alpha value is -2.29. The van der Waals surface area contributed by atoms with Crippen molar-refractivity contribution in [3.8, 4) is 0 Å². The zero-order valence-corrected chi connectivity index (χ0v) is 17.2. The average Bonchev–Trinajstić information content (AvgIpc) is 2.92. The number of rotatable bonds is 3. The maximum atomic E-state index is 13.1. The number of anilines is 1. The molecule has 2 heterocycles. The van der Waals surface area contributed by atoms with E-state index in [2.05, 4.69) is 4.90 Å². The molecule has 1 aliphatic rings. The molecule has 0 N–H and O–H groups in total. The fourth-order valence-electron chi connectivity index (χ4n) is 3.67. The Balaban J connectivity index is 1.60. The molecule has 0 unspecified atom stereocenters. The van der Waals surface area contributed by atoms with Crippen molar-refractivity contribution in [3.63, 3.8) is 0 Å². The van der Waals surface area contributed by atoms with Gasteiger partial charge in [0.1, 0.15) is 0 Å². The highest BCUT2D eigenvalue weighted by Gasteiger charge is 2.29. The van der Waals surface area contributed by atoms with Gasteiger partial charge < -0.3 is 4.90 Å². The average molecular weight is 421 g/mol. The Morgan fingerprint density at radius 1 is 0.893 bits per heavy atom. The van der Waals surface area contributed by atoms with Crippen molar-refractivity contribution in [2.45, 2.75) is 4.90 Å². The lowest BCUT2D eigenvalue weighted by molar-refractivity contribution is 0.385. The molecule has 0 spiro atoms. The summed E-state index contributed by atoms with van der Waals surface area (Å²) in [6.07, 6.45) is 0. The van der Waals surface area contributed by atoms with E-state index in [0.29, 0.717) is 42.2 Å². The third kappa shape index (κ3) is 3.01. The minimum absolute atomic E-state index is 0.182. The van der Waals surface area contributed by atoms with E-state index in [1.165, 1.54) is 13.4 Å². The molecule has 0 atom stereocenters. The molecule has 1 fully saturated rings. The van der Waals surface area contributed by atoms with Gasteiger partial charge in [-0.25, -0.2) is 13.2 Å². The smallest absolute Gasteiger partial charge is 0.328 e.